The van der Waals surface area contributed by atoms with Crippen LogP contribution in [0.15, 0.2) is 35.3 Å². The minimum absolute atomic E-state index is 0.0512. The van der Waals surface area contributed by atoms with Crippen molar-refractivity contribution in [2.75, 3.05) is 6.61 Å². The lowest BCUT2D eigenvalue weighted by atomic mass is 9.86. The van der Waals surface area contributed by atoms with Crippen molar-refractivity contribution in [3.63, 3.8) is 0 Å². The van der Waals surface area contributed by atoms with Gasteiger partial charge in [0.05, 0.1) is 12.3 Å². The zero-order valence-electron chi connectivity index (χ0n) is 22.1. The standard InChI is InChI=1S/C28H39N3O4/c1-8-10-11-16-33-27(32)35-20(4)34-26(24-17-19(3)30-31(24)9-2)25(23-18-29-23)21-12-14-22(15-13-21)28(5,6)7/h12-15,17-18,20,23H,8-11,16H2,1-7H3/b26-25+. The van der Waals surface area contributed by atoms with E-state index >= 15 is 0 Å². The average Bonchev–Trinajstić information content (AvgIpc) is 3.56. The van der Waals surface area contributed by atoms with Crippen LogP contribution in [-0.2, 0) is 26.2 Å². The van der Waals surface area contributed by atoms with E-state index in [4.69, 9.17) is 14.2 Å². The Kier molecular flexibility index (Phi) is 8.76. The van der Waals surface area contributed by atoms with Gasteiger partial charge in [-0.05, 0) is 42.9 Å². The predicted molar refractivity (Wildman–Crippen MR) is 139 cm³/mol. The van der Waals surface area contributed by atoms with Crippen LogP contribution in [0.5, 0.6) is 0 Å². The summed E-state index contributed by atoms with van der Waals surface area (Å²) in [6.45, 7) is 15.4. The Hall–Kier alpha value is -3.09. The molecule has 7 heteroatoms. The van der Waals surface area contributed by atoms with Crippen molar-refractivity contribution < 1.29 is 19.0 Å². The monoisotopic (exact) mass is 481 g/mol. The van der Waals surface area contributed by atoms with E-state index in [1.165, 1.54) is 5.56 Å². The zero-order chi connectivity index (χ0) is 25.6. The molecule has 7 nitrogen and oxygen atoms in total. The van der Waals surface area contributed by atoms with Gasteiger partial charge in [0.2, 0.25) is 6.29 Å². The number of hydrogen-bond acceptors (Lipinski definition) is 6. The lowest BCUT2D eigenvalue weighted by Gasteiger charge is -2.22. The Balaban J connectivity index is 1.94. The van der Waals surface area contributed by atoms with Crippen molar-refractivity contribution in [2.45, 2.75) is 92.0 Å². The molecule has 35 heavy (non-hydrogen) atoms. The molecular weight excluding hydrogens is 442 g/mol. The van der Waals surface area contributed by atoms with E-state index in [9.17, 15) is 4.79 Å². The molecule has 0 radical (unpaired) electrons. The van der Waals surface area contributed by atoms with Crippen LogP contribution in [0, 0.1) is 6.92 Å². The minimum atomic E-state index is -0.855. The molecule has 1 aromatic heterocycles. The molecule has 190 valence electrons. The van der Waals surface area contributed by atoms with Gasteiger partial charge in [-0.2, -0.15) is 5.10 Å². The molecule has 0 bridgehead atoms. The van der Waals surface area contributed by atoms with Gasteiger partial charge in [-0.3, -0.25) is 9.67 Å². The van der Waals surface area contributed by atoms with Crippen molar-refractivity contribution >= 4 is 23.7 Å². The summed E-state index contributed by atoms with van der Waals surface area (Å²) >= 11 is 0. The summed E-state index contributed by atoms with van der Waals surface area (Å²) in [5.74, 6) is 0.602. The molecule has 0 saturated heterocycles. The molecule has 0 spiro atoms. The molecule has 2 unspecified atom stereocenters. The molecule has 2 atom stereocenters. The summed E-state index contributed by atoms with van der Waals surface area (Å²) in [7, 11) is 0. The summed E-state index contributed by atoms with van der Waals surface area (Å²) < 4.78 is 18.8. The maximum Gasteiger partial charge on any atom is 0.511 e. The quantitative estimate of drug-likeness (QED) is 0.158. The molecular formula is C28H39N3O4. The van der Waals surface area contributed by atoms with Crippen LogP contribution in [0.2, 0.25) is 0 Å². The smallest absolute Gasteiger partial charge is 0.452 e. The third kappa shape index (κ3) is 7.20. The maximum absolute atomic E-state index is 12.2. The normalized spacial score (nSPS) is 16.5. The number of aromatic nitrogens is 2. The lowest BCUT2D eigenvalue weighted by molar-refractivity contribution is -0.0674. The predicted octanol–water partition coefficient (Wildman–Crippen LogP) is 6.54. The van der Waals surface area contributed by atoms with E-state index in [2.05, 4.69) is 62.1 Å². The van der Waals surface area contributed by atoms with Gasteiger partial charge in [0.25, 0.3) is 0 Å². The Morgan fingerprint density at radius 3 is 2.37 bits per heavy atom. The first-order valence-corrected chi connectivity index (χ1v) is 12.6. The molecule has 2 aromatic rings. The largest absolute Gasteiger partial charge is 0.511 e. The summed E-state index contributed by atoms with van der Waals surface area (Å²) in [6, 6.07) is 10.4. The number of aliphatic imine (C=N–C) groups is 1. The number of carbonyl (C=O) groups is 1. The lowest BCUT2D eigenvalue weighted by Crippen LogP contribution is -2.21. The molecule has 0 N–H and O–H groups in total. The minimum Gasteiger partial charge on any atom is -0.452 e. The number of benzene rings is 1. The maximum atomic E-state index is 12.2. The molecule has 0 saturated carbocycles. The summed E-state index contributed by atoms with van der Waals surface area (Å²) in [6.07, 6.45) is 3.18. The fraction of sp³-hybridized carbons (Fsp3) is 0.536. The number of carbonyl (C=O) groups excluding carboxylic acids is 1. The fourth-order valence-electron chi connectivity index (χ4n) is 3.88. The Morgan fingerprint density at radius 2 is 1.80 bits per heavy atom. The van der Waals surface area contributed by atoms with E-state index in [1.807, 2.05) is 30.8 Å². The second-order valence-electron chi connectivity index (χ2n) is 9.91. The van der Waals surface area contributed by atoms with Gasteiger partial charge < -0.3 is 14.2 Å². The van der Waals surface area contributed by atoms with E-state index in [-0.39, 0.29) is 11.5 Å². The van der Waals surface area contributed by atoms with Crippen LogP contribution in [0.1, 0.15) is 83.3 Å². The van der Waals surface area contributed by atoms with Crippen molar-refractivity contribution in [3.05, 3.63) is 52.8 Å². The van der Waals surface area contributed by atoms with E-state index < -0.39 is 12.4 Å². The number of ether oxygens (including phenoxy) is 3. The van der Waals surface area contributed by atoms with Crippen LogP contribution in [-0.4, -0.2) is 41.1 Å². The third-order valence-electron chi connectivity index (χ3n) is 5.85. The molecule has 1 aromatic carbocycles. The number of nitrogens with zero attached hydrogens (tertiary/aromatic N) is 3. The van der Waals surface area contributed by atoms with Crippen molar-refractivity contribution in [3.8, 4) is 0 Å². The van der Waals surface area contributed by atoms with Crippen molar-refractivity contribution in [1.29, 1.82) is 0 Å². The number of rotatable bonds is 11. The van der Waals surface area contributed by atoms with Gasteiger partial charge in [-0.15, -0.1) is 0 Å². The SMILES string of the molecule is CCCCCOC(=O)OC(C)O/C(=C(\c1ccc(C(C)(C)C)cc1)C1C=N1)c1cc(C)nn1CC. The highest BCUT2D eigenvalue weighted by atomic mass is 16.8. The van der Waals surface area contributed by atoms with Crippen LogP contribution in [0.3, 0.4) is 0 Å². The van der Waals surface area contributed by atoms with Gasteiger partial charge in [0, 0.05) is 25.3 Å². The third-order valence-corrected chi connectivity index (χ3v) is 5.85. The highest BCUT2D eigenvalue weighted by Crippen LogP contribution is 2.36. The molecule has 1 aliphatic rings. The van der Waals surface area contributed by atoms with Crippen molar-refractivity contribution in [2.24, 2.45) is 4.99 Å². The molecule has 2 heterocycles. The van der Waals surface area contributed by atoms with Gasteiger partial charge in [-0.1, -0.05) is 64.8 Å². The first-order chi connectivity index (χ1) is 16.6. The van der Waals surface area contributed by atoms with Gasteiger partial charge in [0.15, 0.2) is 5.76 Å². The van der Waals surface area contributed by atoms with Gasteiger partial charge in [-0.25, -0.2) is 4.79 Å². The van der Waals surface area contributed by atoms with Gasteiger partial charge in [0.1, 0.15) is 11.7 Å². The highest BCUT2D eigenvalue weighted by molar-refractivity contribution is 6.03. The second kappa shape index (κ2) is 11.6. The molecule has 0 fully saturated rings. The van der Waals surface area contributed by atoms with Crippen LogP contribution >= 0.6 is 0 Å². The number of hydrogen-bond donors (Lipinski definition) is 0. The molecule has 0 aliphatic carbocycles. The van der Waals surface area contributed by atoms with Crippen LogP contribution < -0.4 is 0 Å². The van der Waals surface area contributed by atoms with E-state index in [0.717, 1.165) is 41.8 Å². The highest BCUT2D eigenvalue weighted by Gasteiger charge is 2.30. The first kappa shape index (κ1) is 26.5. The number of unbranched alkanes of at least 4 members (excludes halogenated alkanes) is 2. The van der Waals surface area contributed by atoms with E-state index in [0.29, 0.717) is 18.9 Å². The summed E-state index contributed by atoms with van der Waals surface area (Å²) in [5, 5.41) is 4.61. The summed E-state index contributed by atoms with van der Waals surface area (Å²) in [5.41, 5.74) is 4.93. The average molecular weight is 482 g/mol. The number of aryl methyl sites for hydroxylation is 2. The topological polar surface area (TPSA) is 74.9 Å². The first-order valence-electron chi connectivity index (χ1n) is 12.6. The zero-order valence-corrected chi connectivity index (χ0v) is 22.1. The molecule has 0 amide bonds. The summed E-state index contributed by atoms with van der Waals surface area (Å²) in [4.78, 5) is 16.7. The van der Waals surface area contributed by atoms with Crippen LogP contribution in [0.4, 0.5) is 4.79 Å². The van der Waals surface area contributed by atoms with Gasteiger partial charge >= 0.3 is 6.16 Å². The Labute approximate surface area is 209 Å². The van der Waals surface area contributed by atoms with E-state index in [1.54, 1.807) is 6.92 Å². The fourth-order valence-corrected chi connectivity index (χ4v) is 3.88. The molecule has 1 aliphatic heterocycles. The Bertz CT molecular complexity index is 1050. The second-order valence-corrected chi connectivity index (χ2v) is 9.91. The van der Waals surface area contributed by atoms with Crippen LogP contribution in [0.25, 0.3) is 11.3 Å². The molecule has 3 rings (SSSR count). The van der Waals surface area contributed by atoms with Crippen molar-refractivity contribution in [1.82, 2.24) is 9.78 Å². The Morgan fingerprint density at radius 1 is 1.11 bits per heavy atom.